The molecule has 0 spiro atoms. The Morgan fingerprint density at radius 2 is 2.17 bits per heavy atom. The van der Waals surface area contributed by atoms with E-state index in [0.29, 0.717) is 5.82 Å². The third kappa shape index (κ3) is 3.35. The Kier molecular flexibility index (Phi) is 4.31. The number of hydrogen-bond donors (Lipinski definition) is 2. The topological polar surface area (TPSA) is 83.3 Å². The summed E-state index contributed by atoms with van der Waals surface area (Å²) in [6, 6.07) is 7.63. The van der Waals surface area contributed by atoms with Crippen molar-refractivity contribution in [3.8, 4) is 0 Å². The van der Waals surface area contributed by atoms with E-state index in [1.165, 1.54) is 6.33 Å². The van der Waals surface area contributed by atoms with E-state index in [1.54, 1.807) is 23.7 Å². The summed E-state index contributed by atoms with van der Waals surface area (Å²) in [7, 11) is 0. The number of nitrogens with zero attached hydrogens (tertiary/aromatic N) is 4. The summed E-state index contributed by atoms with van der Waals surface area (Å²) in [6.07, 6.45) is 4.86. The molecule has 0 radical (unpaired) electrons. The van der Waals surface area contributed by atoms with Crippen molar-refractivity contribution in [2.75, 3.05) is 12.0 Å². The molecular weight excluding hydrogens is 310 g/mol. The minimum absolute atomic E-state index is 0.0772. The maximum atomic E-state index is 9.53. The average Bonchev–Trinajstić information content (AvgIpc) is 3.02. The van der Waals surface area contributed by atoms with Crippen LogP contribution in [0.15, 0.2) is 41.9 Å². The van der Waals surface area contributed by atoms with Gasteiger partial charge in [-0.2, -0.15) is 5.10 Å². The minimum atomic E-state index is -0.306. The molecule has 0 amide bonds. The van der Waals surface area contributed by atoms with E-state index in [9.17, 15) is 5.11 Å². The molecule has 3 aromatic rings. The van der Waals surface area contributed by atoms with E-state index in [2.05, 4.69) is 25.5 Å². The monoisotopic (exact) mass is 327 g/mol. The van der Waals surface area contributed by atoms with Crippen LogP contribution < -0.4 is 5.43 Å². The smallest absolute Gasteiger partial charge is 0.158 e. The fraction of sp³-hybridized carbons (Fsp3) is 0.250. The first-order chi connectivity index (χ1) is 11.1. The molecule has 118 valence electrons. The van der Waals surface area contributed by atoms with Gasteiger partial charge in [-0.3, -0.25) is 10.4 Å². The van der Waals surface area contributed by atoms with Crippen LogP contribution in [0.2, 0.25) is 0 Å². The predicted molar refractivity (Wildman–Crippen MR) is 93.0 cm³/mol. The van der Waals surface area contributed by atoms with E-state index in [1.807, 2.05) is 38.1 Å². The third-order valence-electron chi connectivity index (χ3n) is 3.45. The number of rotatable bonds is 5. The summed E-state index contributed by atoms with van der Waals surface area (Å²) in [5, 5.41) is 14.6. The van der Waals surface area contributed by atoms with Crippen LogP contribution in [-0.2, 0) is 5.41 Å². The van der Waals surface area contributed by atoms with Crippen molar-refractivity contribution in [1.29, 1.82) is 0 Å². The first-order valence-corrected chi connectivity index (χ1v) is 7.98. The van der Waals surface area contributed by atoms with Gasteiger partial charge in [0.1, 0.15) is 11.2 Å². The van der Waals surface area contributed by atoms with E-state index in [4.69, 9.17) is 0 Å². The number of anilines is 1. The summed E-state index contributed by atoms with van der Waals surface area (Å²) in [4.78, 5) is 14.6. The zero-order chi connectivity index (χ0) is 16.3. The lowest BCUT2D eigenvalue weighted by molar-refractivity contribution is 0.221. The van der Waals surface area contributed by atoms with Crippen LogP contribution in [0.3, 0.4) is 0 Å². The first kappa shape index (κ1) is 15.5. The second-order valence-corrected chi connectivity index (χ2v) is 6.75. The SMILES string of the molecule is CC(C)(CO)c1cc2c(NN=Cc3ccccn3)ncnc2s1. The Labute approximate surface area is 138 Å². The summed E-state index contributed by atoms with van der Waals surface area (Å²) in [5.41, 5.74) is 3.40. The molecule has 6 nitrogen and oxygen atoms in total. The molecule has 3 heterocycles. The molecule has 0 bridgehead atoms. The number of hydrazone groups is 1. The van der Waals surface area contributed by atoms with Gasteiger partial charge >= 0.3 is 0 Å². The quantitative estimate of drug-likeness (QED) is 0.556. The molecule has 0 saturated heterocycles. The fourth-order valence-electron chi connectivity index (χ4n) is 1.97. The normalized spacial score (nSPS) is 12.1. The van der Waals surface area contributed by atoms with Gasteiger partial charge in [-0.25, -0.2) is 9.97 Å². The maximum Gasteiger partial charge on any atom is 0.158 e. The zero-order valence-corrected chi connectivity index (χ0v) is 13.7. The van der Waals surface area contributed by atoms with Crippen LogP contribution >= 0.6 is 11.3 Å². The highest BCUT2D eigenvalue weighted by atomic mass is 32.1. The van der Waals surface area contributed by atoms with Crippen LogP contribution in [-0.4, -0.2) is 32.9 Å². The number of aliphatic hydroxyl groups is 1. The van der Waals surface area contributed by atoms with Gasteiger partial charge in [0.15, 0.2) is 5.82 Å². The van der Waals surface area contributed by atoms with E-state index in [0.717, 1.165) is 20.8 Å². The predicted octanol–water partition coefficient (Wildman–Crippen LogP) is 2.80. The lowest BCUT2D eigenvalue weighted by atomic mass is 9.93. The van der Waals surface area contributed by atoms with Crippen molar-refractivity contribution in [3.63, 3.8) is 0 Å². The number of aromatic nitrogens is 3. The summed E-state index contributed by atoms with van der Waals surface area (Å²) in [6.45, 7) is 4.07. The van der Waals surface area contributed by atoms with Crippen LogP contribution in [0.5, 0.6) is 0 Å². The number of pyridine rings is 1. The summed E-state index contributed by atoms with van der Waals surface area (Å²) in [5.74, 6) is 0.637. The van der Waals surface area contributed by atoms with Crippen LogP contribution in [0.1, 0.15) is 24.4 Å². The molecule has 7 heteroatoms. The van der Waals surface area contributed by atoms with Gasteiger partial charge in [-0.15, -0.1) is 11.3 Å². The van der Waals surface area contributed by atoms with Gasteiger partial charge in [-0.05, 0) is 18.2 Å². The summed E-state index contributed by atoms with van der Waals surface area (Å²) >= 11 is 1.56. The second-order valence-electron chi connectivity index (χ2n) is 5.72. The Hall–Kier alpha value is -2.38. The highest BCUT2D eigenvalue weighted by molar-refractivity contribution is 7.18. The number of fused-ring (bicyclic) bond motifs is 1. The Balaban J connectivity index is 1.88. The lowest BCUT2D eigenvalue weighted by Gasteiger charge is -2.18. The number of nitrogens with one attached hydrogen (secondary N) is 1. The highest BCUT2D eigenvalue weighted by Crippen LogP contribution is 2.35. The van der Waals surface area contributed by atoms with Crippen molar-refractivity contribution in [1.82, 2.24) is 15.0 Å². The van der Waals surface area contributed by atoms with Crippen molar-refractivity contribution in [3.05, 3.63) is 47.4 Å². The second kappa shape index (κ2) is 6.39. The molecule has 0 aliphatic carbocycles. The number of aliphatic hydroxyl groups excluding tert-OH is 1. The molecule has 3 rings (SSSR count). The Morgan fingerprint density at radius 3 is 2.91 bits per heavy atom. The fourth-order valence-corrected chi connectivity index (χ4v) is 3.06. The third-order valence-corrected chi connectivity index (χ3v) is 4.86. The molecule has 3 aromatic heterocycles. The molecule has 0 aliphatic heterocycles. The molecule has 0 aliphatic rings. The van der Waals surface area contributed by atoms with Gasteiger partial charge in [-0.1, -0.05) is 19.9 Å². The van der Waals surface area contributed by atoms with Crippen molar-refractivity contribution >= 4 is 33.6 Å². The number of thiophene rings is 1. The largest absolute Gasteiger partial charge is 0.395 e. The molecule has 0 unspecified atom stereocenters. The van der Waals surface area contributed by atoms with Crippen LogP contribution in [0.4, 0.5) is 5.82 Å². The van der Waals surface area contributed by atoms with Crippen molar-refractivity contribution in [2.24, 2.45) is 5.10 Å². The molecular formula is C16H17N5OS. The van der Waals surface area contributed by atoms with Gasteiger partial charge in [0.25, 0.3) is 0 Å². The van der Waals surface area contributed by atoms with E-state index >= 15 is 0 Å². The van der Waals surface area contributed by atoms with Crippen LogP contribution in [0.25, 0.3) is 10.2 Å². The average molecular weight is 327 g/mol. The van der Waals surface area contributed by atoms with Crippen molar-refractivity contribution < 1.29 is 5.11 Å². The molecule has 0 saturated carbocycles. The van der Waals surface area contributed by atoms with Gasteiger partial charge < -0.3 is 5.11 Å². The molecule has 0 atom stereocenters. The summed E-state index contributed by atoms with van der Waals surface area (Å²) < 4.78 is 0. The standard InChI is InChI=1S/C16H17N5OS/c1-16(2,9-22)13-7-12-14(18-10-19-15(12)23-13)21-20-8-11-5-3-4-6-17-11/h3-8,10,22H,9H2,1-2H3,(H,18,19,21). The zero-order valence-electron chi connectivity index (χ0n) is 12.9. The van der Waals surface area contributed by atoms with Gasteiger partial charge in [0, 0.05) is 16.5 Å². The lowest BCUT2D eigenvalue weighted by Crippen LogP contribution is -2.20. The van der Waals surface area contributed by atoms with Crippen LogP contribution in [0, 0.1) is 0 Å². The molecule has 2 N–H and O–H groups in total. The number of hydrogen-bond acceptors (Lipinski definition) is 7. The first-order valence-electron chi connectivity index (χ1n) is 7.16. The van der Waals surface area contributed by atoms with E-state index < -0.39 is 0 Å². The minimum Gasteiger partial charge on any atom is -0.395 e. The van der Waals surface area contributed by atoms with Crippen molar-refractivity contribution in [2.45, 2.75) is 19.3 Å². The highest BCUT2D eigenvalue weighted by Gasteiger charge is 2.23. The Morgan fingerprint density at radius 1 is 1.30 bits per heavy atom. The van der Waals surface area contributed by atoms with Gasteiger partial charge in [0.05, 0.1) is 23.9 Å². The Bertz CT molecular complexity index is 829. The van der Waals surface area contributed by atoms with Gasteiger partial charge in [0.2, 0.25) is 0 Å². The molecule has 0 aromatic carbocycles. The molecule has 0 fully saturated rings. The molecule has 23 heavy (non-hydrogen) atoms. The van der Waals surface area contributed by atoms with E-state index in [-0.39, 0.29) is 12.0 Å². The maximum absolute atomic E-state index is 9.53.